The van der Waals surface area contributed by atoms with Crippen LogP contribution in [0.1, 0.15) is 10.4 Å². The van der Waals surface area contributed by atoms with E-state index in [1.807, 2.05) is 23.1 Å². The largest absolute Gasteiger partial charge is 0.465 e. The quantitative estimate of drug-likeness (QED) is 0.760. The van der Waals surface area contributed by atoms with Crippen molar-refractivity contribution in [3.8, 4) is 0 Å². The van der Waals surface area contributed by atoms with Gasteiger partial charge >= 0.3 is 12.0 Å². The summed E-state index contributed by atoms with van der Waals surface area (Å²) < 4.78 is 10.2. The Kier molecular flexibility index (Phi) is 6.89. The third-order valence-electron chi connectivity index (χ3n) is 5.02. The first-order chi connectivity index (χ1) is 13.2. The second-order valence-electron chi connectivity index (χ2n) is 6.67. The molecule has 8 heteroatoms. The number of benzene rings is 1. The normalized spacial score (nSPS) is 18.3. The van der Waals surface area contributed by atoms with Gasteiger partial charge in [0.15, 0.2) is 0 Å². The molecule has 148 valence electrons. The van der Waals surface area contributed by atoms with Gasteiger partial charge in [-0.1, -0.05) is 12.1 Å². The van der Waals surface area contributed by atoms with E-state index in [-0.39, 0.29) is 12.0 Å². The fraction of sp³-hybridized carbons (Fsp3) is 0.579. The number of nitrogens with zero attached hydrogens (tertiary/aromatic N) is 3. The van der Waals surface area contributed by atoms with Gasteiger partial charge in [0.25, 0.3) is 0 Å². The molecule has 2 heterocycles. The molecule has 1 aromatic rings. The zero-order valence-electron chi connectivity index (χ0n) is 15.9. The summed E-state index contributed by atoms with van der Waals surface area (Å²) in [5.74, 6) is -0.339. The molecule has 2 saturated heterocycles. The monoisotopic (exact) mass is 376 g/mol. The zero-order chi connectivity index (χ0) is 19.1. The van der Waals surface area contributed by atoms with Crippen LogP contribution in [0.4, 0.5) is 10.5 Å². The van der Waals surface area contributed by atoms with Gasteiger partial charge in [-0.2, -0.15) is 0 Å². The maximum atomic E-state index is 12.4. The first-order valence-electron chi connectivity index (χ1n) is 9.44. The van der Waals surface area contributed by atoms with Crippen molar-refractivity contribution in [3.05, 3.63) is 29.8 Å². The lowest BCUT2D eigenvalue weighted by atomic mass is 10.1. The highest BCUT2D eigenvalue weighted by Gasteiger charge is 2.24. The summed E-state index contributed by atoms with van der Waals surface area (Å²) >= 11 is 0. The first kappa shape index (κ1) is 19.4. The van der Waals surface area contributed by atoms with E-state index < -0.39 is 0 Å². The number of hydrogen-bond acceptors (Lipinski definition) is 6. The van der Waals surface area contributed by atoms with Crippen molar-refractivity contribution in [1.29, 1.82) is 0 Å². The summed E-state index contributed by atoms with van der Waals surface area (Å²) in [5, 5.41) is 3.00. The van der Waals surface area contributed by atoms with Crippen LogP contribution >= 0.6 is 0 Å². The smallest absolute Gasteiger partial charge is 0.339 e. The molecule has 0 atom stereocenters. The number of esters is 1. The van der Waals surface area contributed by atoms with Gasteiger partial charge < -0.3 is 24.6 Å². The van der Waals surface area contributed by atoms with Gasteiger partial charge in [0.1, 0.15) is 0 Å². The Hall–Kier alpha value is -2.32. The Labute approximate surface area is 160 Å². The number of hydrogen-bond donors (Lipinski definition) is 1. The van der Waals surface area contributed by atoms with Gasteiger partial charge in [0.05, 0.1) is 31.6 Å². The number of amides is 2. The van der Waals surface area contributed by atoms with Crippen molar-refractivity contribution >= 4 is 17.7 Å². The molecule has 0 unspecified atom stereocenters. The van der Waals surface area contributed by atoms with Crippen molar-refractivity contribution in [2.24, 2.45) is 0 Å². The highest BCUT2D eigenvalue weighted by molar-refractivity contribution is 5.95. The predicted molar refractivity (Wildman–Crippen MR) is 102 cm³/mol. The van der Waals surface area contributed by atoms with Gasteiger partial charge in [0, 0.05) is 52.4 Å². The molecule has 27 heavy (non-hydrogen) atoms. The molecule has 0 aliphatic carbocycles. The fourth-order valence-corrected chi connectivity index (χ4v) is 3.44. The molecule has 0 saturated carbocycles. The third kappa shape index (κ3) is 5.11. The predicted octanol–water partition coefficient (Wildman–Crippen LogP) is 0.637. The standard InChI is InChI=1S/C19H28N4O4/c1-26-18(24)16-4-2-3-5-17(16)22-8-10-23(11-9-22)19(25)20-6-7-21-12-14-27-15-13-21/h2-5H,6-15H2,1H3,(H,20,25). The van der Waals surface area contributed by atoms with Gasteiger partial charge in [-0.25, -0.2) is 9.59 Å². The number of carbonyl (C=O) groups excluding carboxylic acids is 2. The molecule has 2 fully saturated rings. The molecule has 0 aromatic heterocycles. The lowest BCUT2D eigenvalue weighted by Crippen LogP contribution is -2.53. The number of methoxy groups -OCH3 is 1. The van der Waals surface area contributed by atoms with Crippen LogP contribution in [0.15, 0.2) is 24.3 Å². The number of anilines is 1. The topological polar surface area (TPSA) is 74.4 Å². The van der Waals surface area contributed by atoms with Gasteiger partial charge in [0.2, 0.25) is 0 Å². The van der Waals surface area contributed by atoms with Gasteiger partial charge in [-0.15, -0.1) is 0 Å². The number of piperazine rings is 1. The molecule has 3 rings (SSSR count). The Morgan fingerprint density at radius 1 is 1.07 bits per heavy atom. The second kappa shape index (κ2) is 9.57. The number of carbonyl (C=O) groups is 2. The van der Waals surface area contributed by atoms with Crippen molar-refractivity contribution in [1.82, 2.24) is 15.1 Å². The fourth-order valence-electron chi connectivity index (χ4n) is 3.44. The van der Waals surface area contributed by atoms with Crippen LogP contribution in [0.3, 0.4) is 0 Å². The first-order valence-corrected chi connectivity index (χ1v) is 9.44. The van der Waals surface area contributed by atoms with E-state index in [1.165, 1.54) is 7.11 Å². The summed E-state index contributed by atoms with van der Waals surface area (Å²) in [6, 6.07) is 7.40. The summed E-state index contributed by atoms with van der Waals surface area (Å²) in [4.78, 5) is 30.6. The minimum atomic E-state index is -0.339. The molecular formula is C19H28N4O4. The van der Waals surface area contributed by atoms with E-state index >= 15 is 0 Å². The van der Waals surface area contributed by atoms with E-state index in [2.05, 4.69) is 15.1 Å². The van der Waals surface area contributed by atoms with Gasteiger partial charge in [-0.3, -0.25) is 4.90 Å². The molecule has 2 amide bonds. The summed E-state index contributed by atoms with van der Waals surface area (Å²) in [5.41, 5.74) is 1.42. The molecule has 2 aliphatic heterocycles. The third-order valence-corrected chi connectivity index (χ3v) is 5.02. The highest BCUT2D eigenvalue weighted by Crippen LogP contribution is 2.22. The molecule has 1 N–H and O–H groups in total. The van der Waals surface area contributed by atoms with E-state index in [0.717, 1.165) is 38.5 Å². The molecule has 0 radical (unpaired) electrons. The number of nitrogens with one attached hydrogen (secondary N) is 1. The van der Waals surface area contributed by atoms with Crippen LogP contribution in [-0.2, 0) is 9.47 Å². The maximum Gasteiger partial charge on any atom is 0.339 e. The molecule has 0 bridgehead atoms. The van der Waals surface area contributed by atoms with Crippen LogP contribution in [0.2, 0.25) is 0 Å². The summed E-state index contributed by atoms with van der Waals surface area (Å²) in [7, 11) is 1.39. The number of ether oxygens (including phenoxy) is 2. The van der Waals surface area contributed by atoms with E-state index in [4.69, 9.17) is 9.47 Å². The lowest BCUT2D eigenvalue weighted by molar-refractivity contribution is 0.0385. The maximum absolute atomic E-state index is 12.4. The van der Waals surface area contributed by atoms with Crippen molar-refractivity contribution in [2.45, 2.75) is 0 Å². The van der Waals surface area contributed by atoms with E-state index in [9.17, 15) is 9.59 Å². The highest BCUT2D eigenvalue weighted by atomic mass is 16.5. The lowest BCUT2D eigenvalue weighted by Gasteiger charge is -2.36. The Balaban J connectivity index is 1.46. The van der Waals surface area contributed by atoms with Crippen LogP contribution in [0, 0.1) is 0 Å². The number of morpholine rings is 1. The molecule has 1 aromatic carbocycles. The Morgan fingerprint density at radius 3 is 2.48 bits per heavy atom. The van der Waals surface area contributed by atoms with Crippen LogP contribution in [0.5, 0.6) is 0 Å². The SMILES string of the molecule is COC(=O)c1ccccc1N1CCN(C(=O)NCCN2CCOCC2)CC1. The molecule has 2 aliphatic rings. The molecule has 0 spiro atoms. The van der Waals surface area contributed by atoms with Crippen LogP contribution in [0.25, 0.3) is 0 Å². The Bertz CT molecular complexity index is 640. The number of para-hydroxylation sites is 1. The van der Waals surface area contributed by atoms with Crippen molar-refractivity contribution in [2.75, 3.05) is 77.6 Å². The number of urea groups is 1. The molecule has 8 nitrogen and oxygen atoms in total. The Morgan fingerprint density at radius 2 is 1.78 bits per heavy atom. The molecular weight excluding hydrogens is 348 g/mol. The minimum absolute atomic E-state index is 0.0239. The number of rotatable bonds is 5. The zero-order valence-corrected chi connectivity index (χ0v) is 15.9. The van der Waals surface area contributed by atoms with Gasteiger partial charge in [-0.05, 0) is 12.1 Å². The van der Waals surface area contributed by atoms with E-state index in [0.29, 0.717) is 38.3 Å². The van der Waals surface area contributed by atoms with Crippen molar-refractivity contribution < 1.29 is 19.1 Å². The minimum Gasteiger partial charge on any atom is -0.465 e. The average Bonchev–Trinajstić information content (AvgIpc) is 2.74. The summed E-state index contributed by atoms with van der Waals surface area (Å²) in [6.07, 6.45) is 0. The van der Waals surface area contributed by atoms with Crippen LogP contribution in [-0.4, -0.2) is 94.5 Å². The summed E-state index contributed by atoms with van der Waals surface area (Å²) in [6.45, 7) is 7.49. The van der Waals surface area contributed by atoms with Crippen molar-refractivity contribution in [3.63, 3.8) is 0 Å². The average molecular weight is 376 g/mol. The van der Waals surface area contributed by atoms with Crippen LogP contribution < -0.4 is 10.2 Å². The second-order valence-corrected chi connectivity index (χ2v) is 6.67. The van der Waals surface area contributed by atoms with E-state index in [1.54, 1.807) is 6.07 Å².